The minimum Gasteiger partial charge on any atom is -0.380 e. The first-order valence-corrected chi connectivity index (χ1v) is 14.7. The van der Waals surface area contributed by atoms with E-state index in [1.54, 1.807) is 10.6 Å². The fraction of sp³-hybridized carbons (Fsp3) is 0.259. The van der Waals surface area contributed by atoms with Gasteiger partial charge in [-0.3, -0.25) is 19.2 Å². The summed E-state index contributed by atoms with van der Waals surface area (Å²) in [6.45, 7) is 3.58. The summed E-state index contributed by atoms with van der Waals surface area (Å²) >= 11 is 1.17. The van der Waals surface area contributed by atoms with Crippen LogP contribution in [0.5, 0.6) is 0 Å². The highest BCUT2D eigenvalue weighted by molar-refractivity contribution is 7.92. The number of non-ortho nitro benzene ring substituents is 1. The van der Waals surface area contributed by atoms with Gasteiger partial charge in [-0.05, 0) is 61.7 Å². The molecular formula is C27H26N4O6S2. The van der Waals surface area contributed by atoms with Gasteiger partial charge in [-0.15, -0.1) is 0 Å². The number of thiazole rings is 1. The van der Waals surface area contributed by atoms with Crippen LogP contribution < -0.4 is 9.11 Å². The molecule has 1 aromatic heterocycles. The zero-order chi connectivity index (χ0) is 27.6. The SMILES string of the molecule is CCOCCn1c(=NC(=O)c2ccc(S(=O)(=O)N3CCCc4ccccc43)cc2)sc2cc([N+](=O)[O-])ccc21. The number of nitro benzene ring substituents is 1. The van der Waals surface area contributed by atoms with Gasteiger partial charge in [0.25, 0.3) is 21.6 Å². The van der Waals surface area contributed by atoms with Crippen LogP contribution in [0, 0.1) is 10.1 Å². The molecule has 0 aliphatic carbocycles. The highest BCUT2D eigenvalue weighted by Gasteiger charge is 2.29. The average Bonchev–Trinajstić information content (AvgIpc) is 3.28. The Bertz CT molecular complexity index is 1730. The molecule has 12 heteroatoms. The largest absolute Gasteiger partial charge is 0.380 e. The van der Waals surface area contributed by atoms with Gasteiger partial charge in [-0.25, -0.2) is 8.42 Å². The van der Waals surface area contributed by atoms with E-state index in [1.807, 2.05) is 31.2 Å². The van der Waals surface area contributed by atoms with Crippen LogP contribution in [0.2, 0.25) is 0 Å². The maximum absolute atomic E-state index is 13.4. The van der Waals surface area contributed by atoms with Crippen molar-refractivity contribution in [2.75, 3.05) is 24.1 Å². The van der Waals surface area contributed by atoms with Crippen LogP contribution in [-0.2, 0) is 27.7 Å². The van der Waals surface area contributed by atoms with E-state index in [0.717, 1.165) is 18.4 Å². The number of para-hydroxylation sites is 1. The molecule has 202 valence electrons. The number of carbonyl (C=O) groups excluding carboxylic acids is 1. The molecule has 10 nitrogen and oxygen atoms in total. The molecule has 1 amide bonds. The molecule has 0 saturated heterocycles. The Morgan fingerprint density at radius 3 is 2.64 bits per heavy atom. The maximum Gasteiger partial charge on any atom is 0.279 e. The molecule has 0 radical (unpaired) electrons. The number of aromatic nitrogens is 1. The number of ether oxygens (including phenoxy) is 1. The number of carbonyl (C=O) groups is 1. The first-order chi connectivity index (χ1) is 18.8. The Hall–Kier alpha value is -3.87. The monoisotopic (exact) mass is 566 g/mol. The fourth-order valence-electron chi connectivity index (χ4n) is 4.57. The third-order valence-corrected chi connectivity index (χ3v) is 9.36. The molecule has 0 fully saturated rings. The van der Waals surface area contributed by atoms with Crippen LogP contribution in [-0.4, -0.2) is 43.6 Å². The summed E-state index contributed by atoms with van der Waals surface area (Å²) in [5, 5.41) is 11.2. The van der Waals surface area contributed by atoms with E-state index < -0.39 is 20.9 Å². The molecule has 39 heavy (non-hydrogen) atoms. The van der Waals surface area contributed by atoms with E-state index in [2.05, 4.69) is 4.99 Å². The van der Waals surface area contributed by atoms with Crippen molar-refractivity contribution in [1.29, 1.82) is 0 Å². The van der Waals surface area contributed by atoms with Crippen LogP contribution >= 0.6 is 11.3 Å². The van der Waals surface area contributed by atoms with Gasteiger partial charge < -0.3 is 9.30 Å². The lowest BCUT2D eigenvalue weighted by Crippen LogP contribution is -2.35. The number of nitrogens with zero attached hydrogens (tertiary/aromatic N) is 4. The summed E-state index contributed by atoms with van der Waals surface area (Å²) in [6.07, 6.45) is 1.56. The minimum atomic E-state index is -3.80. The van der Waals surface area contributed by atoms with Gasteiger partial charge in [-0.2, -0.15) is 4.99 Å². The van der Waals surface area contributed by atoms with E-state index in [1.165, 1.54) is 52.0 Å². The van der Waals surface area contributed by atoms with Crippen LogP contribution in [0.1, 0.15) is 29.3 Å². The summed E-state index contributed by atoms with van der Waals surface area (Å²) in [6, 6.07) is 17.7. The number of sulfonamides is 1. The van der Waals surface area contributed by atoms with E-state index in [-0.39, 0.29) is 16.1 Å². The smallest absolute Gasteiger partial charge is 0.279 e. The third kappa shape index (κ3) is 5.35. The summed E-state index contributed by atoms with van der Waals surface area (Å²) in [7, 11) is -3.80. The van der Waals surface area contributed by atoms with Crippen molar-refractivity contribution in [2.24, 2.45) is 4.99 Å². The Kier molecular flexibility index (Phi) is 7.60. The number of fused-ring (bicyclic) bond motifs is 2. The summed E-state index contributed by atoms with van der Waals surface area (Å²) < 4.78 is 36.2. The molecule has 4 aromatic rings. The molecule has 1 aliphatic heterocycles. The van der Waals surface area contributed by atoms with Crippen LogP contribution in [0.3, 0.4) is 0 Å². The van der Waals surface area contributed by atoms with Gasteiger partial charge in [0.15, 0.2) is 4.80 Å². The summed E-state index contributed by atoms with van der Waals surface area (Å²) in [5.74, 6) is -0.548. The fourth-order valence-corrected chi connectivity index (χ4v) is 7.20. The predicted molar refractivity (Wildman–Crippen MR) is 149 cm³/mol. The van der Waals surface area contributed by atoms with E-state index in [9.17, 15) is 23.3 Å². The summed E-state index contributed by atoms with van der Waals surface area (Å²) in [4.78, 5) is 28.6. The van der Waals surface area contributed by atoms with Gasteiger partial charge in [0.1, 0.15) is 0 Å². The number of benzene rings is 3. The van der Waals surface area contributed by atoms with Crippen molar-refractivity contribution in [3.8, 4) is 0 Å². The number of anilines is 1. The van der Waals surface area contributed by atoms with Gasteiger partial charge in [-0.1, -0.05) is 29.5 Å². The Balaban J connectivity index is 1.46. The second kappa shape index (κ2) is 11.1. The molecule has 0 saturated carbocycles. The zero-order valence-corrected chi connectivity index (χ0v) is 22.8. The standard InChI is InChI=1S/C27H26N4O6S2/c1-2-37-17-16-29-24-14-11-21(31(33)34)18-25(24)38-27(29)28-26(32)20-9-12-22(13-10-20)39(35,36)30-15-5-7-19-6-3-4-8-23(19)30/h3-4,6,8-14,18H,2,5,7,15-17H2,1H3. The number of nitro groups is 1. The molecule has 5 rings (SSSR count). The summed E-state index contributed by atoms with van der Waals surface area (Å²) in [5.41, 5.74) is 2.56. The first kappa shape index (κ1) is 26.7. The van der Waals surface area contributed by atoms with Crippen molar-refractivity contribution < 1.29 is 22.9 Å². The van der Waals surface area contributed by atoms with Crippen molar-refractivity contribution >= 4 is 48.9 Å². The number of amides is 1. The van der Waals surface area contributed by atoms with Crippen molar-refractivity contribution in [3.63, 3.8) is 0 Å². The predicted octanol–water partition coefficient (Wildman–Crippen LogP) is 4.53. The second-order valence-corrected chi connectivity index (χ2v) is 11.8. The molecule has 0 atom stereocenters. The Labute approximate surface area is 229 Å². The van der Waals surface area contributed by atoms with E-state index >= 15 is 0 Å². The lowest BCUT2D eigenvalue weighted by atomic mass is 10.0. The number of aryl methyl sites for hydroxylation is 1. The second-order valence-electron chi connectivity index (χ2n) is 8.89. The highest BCUT2D eigenvalue weighted by Crippen LogP contribution is 2.32. The molecule has 0 unspecified atom stereocenters. The number of hydrogen-bond acceptors (Lipinski definition) is 7. The molecule has 0 bridgehead atoms. The highest BCUT2D eigenvalue weighted by atomic mass is 32.2. The first-order valence-electron chi connectivity index (χ1n) is 12.4. The lowest BCUT2D eigenvalue weighted by Gasteiger charge is -2.30. The van der Waals surface area contributed by atoms with Gasteiger partial charge in [0.05, 0.1) is 32.3 Å². The molecule has 2 heterocycles. The van der Waals surface area contributed by atoms with Gasteiger partial charge >= 0.3 is 0 Å². The number of hydrogen-bond donors (Lipinski definition) is 0. The van der Waals surface area contributed by atoms with Crippen molar-refractivity contribution in [2.45, 2.75) is 31.2 Å². The Morgan fingerprint density at radius 1 is 1.13 bits per heavy atom. The van der Waals surface area contributed by atoms with Crippen LogP contribution in [0.15, 0.2) is 76.6 Å². The molecule has 0 N–H and O–H groups in total. The quantitative estimate of drug-likeness (QED) is 0.175. The van der Waals surface area contributed by atoms with Crippen LogP contribution in [0.25, 0.3) is 10.2 Å². The van der Waals surface area contributed by atoms with E-state index in [0.29, 0.717) is 47.0 Å². The molecule has 0 spiro atoms. The zero-order valence-electron chi connectivity index (χ0n) is 21.1. The number of rotatable bonds is 8. The van der Waals surface area contributed by atoms with Crippen molar-refractivity contribution in [3.05, 3.63) is 92.8 Å². The van der Waals surface area contributed by atoms with Gasteiger partial charge in [0.2, 0.25) is 0 Å². The minimum absolute atomic E-state index is 0.0493. The third-order valence-electron chi connectivity index (χ3n) is 6.49. The molecule has 3 aromatic carbocycles. The topological polar surface area (TPSA) is 124 Å². The van der Waals surface area contributed by atoms with E-state index in [4.69, 9.17) is 4.74 Å². The normalized spacial score (nSPS) is 14.0. The van der Waals surface area contributed by atoms with Crippen LogP contribution in [0.4, 0.5) is 11.4 Å². The van der Waals surface area contributed by atoms with Gasteiger partial charge in [0, 0.05) is 37.4 Å². The molecule has 1 aliphatic rings. The maximum atomic E-state index is 13.4. The Morgan fingerprint density at radius 2 is 1.90 bits per heavy atom. The average molecular weight is 567 g/mol. The van der Waals surface area contributed by atoms with Crippen molar-refractivity contribution in [1.82, 2.24) is 4.57 Å². The molecular weight excluding hydrogens is 540 g/mol. The lowest BCUT2D eigenvalue weighted by molar-refractivity contribution is -0.384.